The summed E-state index contributed by atoms with van der Waals surface area (Å²) < 4.78 is 10.8. The highest BCUT2D eigenvalue weighted by Crippen LogP contribution is 2.34. The number of fused-ring (bicyclic) bond motifs is 1. The van der Waals surface area contributed by atoms with Crippen LogP contribution in [-0.2, 0) is 13.0 Å². The molecule has 1 N–H and O–H groups in total. The molecule has 0 bridgehead atoms. The van der Waals surface area contributed by atoms with Gasteiger partial charge in [0, 0.05) is 25.3 Å². The summed E-state index contributed by atoms with van der Waals surface area (Å²) in [4.78, 5) is 18.9. The number of ether oxygens (including phenoxy) is 2. The quantitative estimate of drug-likeness (QED) is 0.847. The SMILES string of the molecule is CCC(C)NC(=O)c1ccc(N2CCc3cc(OC)c(OC)cc3C2)nc1. The molecule has 0 saturated heterocycles. The molecule has 3 rings (SSSR count). The summed E-state index contributed by atoms with van der Waals surface area (Å²) in [7, 11) is 3.30. The van der Waals surface area contributed by atoms with Crippen LogP contribution in [0.15, 0.2) is 30.5 Å². The van der Waals surface area contributed by atoms with E-state index in [1.165, 1.54) is 11.1 Å². The van der Waals surface area contributed by atoms with Crippen LogP contribution in [0.25, 0.3) is 0 Å². The van der Waals surface area contributed by atoms with Crippen molar-refractivity contribution in [3.8, 4) is 11.5 Å². The molecule has 27 heavy (non-hydrogen) atoms. The Hall–Kier alpha value is -2.76. The molecule has 6 nitrogen and oxygen atoms in total. The molecule has 144 valence electrons. The first-order valence-electron chi connectivity index (χ1n) is 9.31. The molecular weight excluding hydrogens is 342 g/mol. The number of nitrogens with one attached hydrogen (secondary N) is 1. The molecular formula is C21H27N3O3. The van der Waals surface area contributed by atoms with Crippen molar-refractivity contribution in [2.75, 3.05) is 25.7 Å². The van der Waals surface area contributed by atoms with Crippen molar-refractivity contribution in [3.63, 3.8) is 0 Å². The largest absolute Gasteiger partial charge is 0.493 e. The Morgan fingerprint density at radius 3 is 2.52 bits per heavy atom. The molecule has 1 aromatic carbocycles. The molecule has 2 heterocycles. The predicted molar refractivity (Wildman–Crippen MR) is 106 cm³/mol. The fourth-order valence-electron chi connectivity index (χ4n) is 3.20. The maximum Gasteiger partial charge on any atom is 0.253 e. The van der Waals surface area contributed by atoms with Crippen LogP contribution in [-0.4, -0.2) is 37.7 Å². The molecule has 1 atom stereocenters. The van der Waals surface area contributed by atoms with Crippen LogP contribution in [0.1, 0.15) is 41.8 Å². The van der Waals surface area contributed by atoms with E-state index in [4.69, 9.17) is 9.47 Å². The van der Waals surface area contributed by atoms with E-state index in [0.29, 0.717) is 5.56 Å². The van der Waals surface area contributed by atoms with Crippen LogP contribution in [0.5, 0.6) is 11.5 Å². The van der Waals surface area contributed by atoms with Gasteiger partial charge in [-0.25, -0.2) is 4.98 Å². The standard InChI is InChI=1S/C21H27N3O3/c1-5-14(2)23-21(25)16-6-7-20(22-12-16)24-9-8-15-10-18(26-3)19(27-4)11-17(15)13-24/h6-7,10-12,14H,5,8-9,13H2,1-4H3,(H,23,25). The van der Waals surface area contributed by atoms with Crippen LogP contribution < -0.4 is 19.7 Å². The van der Waals surface area contributed by atoms with E-state index in [-0.39, 0.29) is 11.9 Å². The minimum atomic E-state index is -0.0794. The third-order valence-corrected chi connectivity index (χ3v) is 5.04. The molecule has 0 saturated carbocycles. The highest BCUT2D eigenvalue weighted by atomic mass is 16.5. The third kappa shape index (κ3) is 4.15. The maximum atomic E-state index is 12.2. The second-order valence-electron chi connectivity index (χ2n) is 6.84. The number of carbonyl (C=O) groups excluding carboxylic acids is 1. The number of hydrogen-bond donors (Lipinski definition) is 1. The molecule has 2 aromatic rings. The first-order chi connectivity index (χ1) is 13.0. The second kappa shape index (κ2) is 8.29. The first kappa shape index (κ1) is 19.0. The number of rotatable bonds is 6. The minimum Gasteiger partial charge on any atom is -0.493 e. The van der Waals surface area contributed by atoms with Gasteiger partial charge < -0.3 is 19.7 Å². The predicted octanol–water partition coefficient (Wildman–Crippen LogP) is 3.19. The van der Waals surface area contributed by atoms with Gasteiger partial charge in [0.15, 0.2) is 11.5 Å². The zero-order chi connectivity index (χ0) is 19.4. The topological polar surface area (TPSA) is 63.7 Å². The average molecular weight is 369 g/mol. The number of carbonyl (C=O) groups is 1. The van der Waals surface area contributed by atoms with Crippen molar-refractivity contribution < 1.29 is 14.3 Å². The number of pyridine rings is 1. The minimum absolute atomic E-state index is 0.0794. The molecule has 0 radical (unpaired) electrons. The van der Waals surface area contributed by atoms with Gasteiger partial charge in [-0.15, -0.1) is 0 Å². The second-order valence-corrected chi connectivity index (χ2v) is 6.84. The summed E-state index contributed by atoms with van der Waals surface area (Å²) >= 11 is 0. The van der Waals surface area contributed by atoms with Crippen molar-refractivity contribution in [2.24, 2.45) is 0 Å². The smallest absolute Gasteiger partial charge is 0.253 e. The summed E-state index contributed by atoms with van der Waals surface area (Å²) in [5, 5.41) is 2.96. The molecule has 1 aliphatic rings. The van der Waals surface area contributed by atoms with E-state index < -0.39 is 0 Å². The van der Waals surface area contributed by atoms with Gasteiger partial charge >= 0.3 is 0 Å². The van der Waals surface area contributed by atoms with Gasteiger partial charge in [-0.1, -0.05) is 6.92 Å². The van der Waals surface area contributed by atoms with Crippen LogP contribution >= 0.6 is 0 Å². The number of nitrogens with zero attached hydrogens (tertiary/aromatic N) is 2. The summed E-state index contributed by atoms with van der Waals surface area (Å²) in [5.74, 6) is 2.29. The fourth-order valence-corrected chi connectivity index (χ4v) is 3.20. The Labute approximate surface area is 160 Å². The van der Waals surface area contributed by atoms with Gasteiger partial charge in [0.1, 0.15) is 5.82 Å². The zero-order valence-corrected chi connectivity index (χ0v) is 16.4. The van der Waals surface area contributed by atoms with E-state index in [0.717, 1.165) is 43.2 Å². The van der Waals surface area contributed by atoms with Gasteiger partial charge in [0.25, 0.3) is 5.91 Å². The van der Waals surface area contributed by atoms with E-state index >= 15 is 0 Å². The fraction of sp³-hybridized carbons (Fsp3) is 0.429. The van der Waals surface area contributed by atoms with Gasteiger partial charge in [-0.05, 0) is 55.2 Å². The van der Waals surface area contributed by atoms with Gasteiger partial charge in [-0.2, -0.15) is 0 Å². The van der Waals surface area contributed by atoms with Crippen LogP contribution in [0.4, 0.5) is 5.82 Å². The Bertz CT molecular complexity index is 805. The number of aromatic nitrogens is 1. The molecule has 1 amide bonds. The van der Waals surface area contributed by atoms with Crippen LogP contribution in [0.3, 0.4) is 0 Å². The number of hydrogen-bond acceptors (Lipinski definition) is 5. The third-order valence-electron chi connectivity index (χ3n) is 5.04. The highest BCUT2D eigenvalue weighted by molar-refractivity contribution is 5.94. The van der Waals surface area contributed by atoms with Crippen molar-refractivity contribution in [3.05, 3.63) is 47.2 Å². The lowest BCUT2D eigenvalue weighted by atomic mass is 9.98. The molecule has 0 aliphatic carbocycles. The maximum absolute atomic E-state index is 12.2. The lowest BCUT2D eigenvalue weighted by Gasteiger charge is -2.30. The van der Waals surface area contributed by atoms with Crippen molar-refractivity contribution in [1.82, 2.24) is 10.3 Å². The zero-order valence-electron chi connectivity index (χ0n) is 16.4. The van der Waals surface area contributed by atoms with E-state index in [9.17, 15) is 4.79 Å². The molecule has 1 unspecified atom stereocenters. The lowest BCUT2D eigenvalue weighted by molar-refractivity contribution is 0.0939. The van der Waals surface area contributed by atoms with Gasteiger partial charge in [0.05, 0.1) is 19.8 Å². The summed E-state index contributed by atoms with van der Waals surface area (Å²) in [5.41, 5.74) is 3.07. The van der Waals surface area contributed by atoms with E-state index in [1.54, 1.807) is 20.4 Å². The summed E-state index contributed by atoms with van der Waals surface area (Å²) in [6.45, 7) is 5.66. The van der Waals surface area contributed by atoms with E-state index in [1.807, 2.05) is 32.0 Å². The highest BCUT2D eigenvalue weighted by Gasteiger charge is 2.20. The lowest BCUT2D eigenvalue weighted by Crippen LogP contribution is -2.33. The molecule has 1 aromatic heterocycles. The molecule has 0 fully saturated rings. The summed E-state index contributed by atoms with van der Waals surface area (Å²) in [6, 6.07) is 8.00. The Balaban J connectivity index is 1.74. The first-order valence-corrected chi connectivity index (χ1v) is 9.31. The van der Waals surface area contributed by atoms with Gasteiger partial charge in [-0.3, -0.25) is 4.79 Å². The van der Waals surface area contributed by atoms with E-state index in [2.05, 4.69) is 21.3 Å². The van der Waals surface area contributed by atoms with Crippen molar-refractivity contribution >= 4 is 11.7 Å². The monoisotopic (exact) mass is 369 g/mol. The van der Waals surface area contributed by atoms with Crippen molar-refractivity contribution in [2.45, 2.75) is 39.3 Å². The number of benzene rings is 1. The number of amides is 1. The molecule has 6 heteroatoms. The number of methoxy groups -OCH3 is 2. The van der Waals surface area contributed by atoms with Crippen LogP contribution in [0.2, 0.25) is 0 Å². The average Bonchev–Trinajstić information content (AvgIpc) is 2.72. The summed E-state index contributed by atoms with van der Waals surface area (Å²) in [6.07, 6.45) is 3.46. The van der Waals surface area contributed by atoms with Crippen molar-refractivity contribution in [1.29, 1.82) is 0 Å². The molecule has 0 spiro atoms. The Morgan fingerprint density at radius 2 is 1.93 bits per heavy atom. The number of anilines is 1. The Morgan fingerprint density at radius 1 is 1.22 bits per heavy atom. The Kier molecular flexibility index (Phi) is 5.84. The molecule has 1 aliphatic heterocycles. The normalized spacial score (nSPS) is 14.3. The van der Waals surface area contributed by atoms with Crippen LogP contribution in [0, 0.1) is 0 Å². The van der Waals surface area contributed by atoms with Gasteiger partial charge in [0.2, 0.25) is 0 Å².